The van der Waals surface area contributed by atoms with E-state index in [0.717, 1.165) is 25.6 Å². The standard InChI is InChI=1S/C12H16F2N2/c1-16-6-2-3-10(16)8-15-9-4-5-11(13)12(14)7-9/h4-5,7,10,15H,2-3,6,8H2,1H3. The van der Waals surface area contributed by atoms with E-state index in [1.807, 2.05) is 0 Å². The van der Waals surface area contributed by atoms with Crippen molar-refractivity contribution in [3.63, 3.8) is 0 Å². The van der Waals surface area contributed by atoms with Gasteiger partial charge in [0.15, 0.2) is 11.6 Å². The summed E-state index contributed by atoms with van der Waals surface area (Å²) in [5.74, 6) is -1.60. The van der Waals surface area contributed by atoms with Crippen LogP contribution in [0.5, 0.6) is 0 Å². The van der Waals surface area contributed by atoms with E-state index >= 15 is 0 Å². The van der Waals surface area contributed by atoms with E-state index in [1.54, 1.807) is 6.07 Å². The minimum absolute atomic E-state index is 0.494. The maximum absolute atomic E-state index is 12.9. The molecule has 0 saturated carbocycles. The van der Waals surface area contributed by atoms with Gasteiger partial charge in [-0.1, -0.05) is 0 Å². The summed E-state index contributed by atoms with van der Waals surface area (Å²) in [6.45, 7) is 1.89. The first kappa shape index (κ1) is 11.3. The molecule has 1 aromatic rings. The van der Waals surface area contributed by atoms with Gasteiger partial charge in [-0.2, -0.15) is 0 Å². The number of rotatable bonds is 3. The van der Waals surface area contributed by atoms with Crippen LogP contribution in [-0.2, 0) is 0 Å². The zero-order valence-electron chi connectivity index (χ0n) is 9.34. The summed E-state index contributed by atoms with van der Waals surface area (Å²) >= 11 is 0. The highest BCUT2D eigenvalue weighted by atomic mass is 19.2. The van der Waals surface area contributed by atoms with Crippen LogP contribution in [0, 0.1) is 11.6 Å². The third-order valence-electron chi connectivity index (χ3n) is 3.13. The number of hydrogen-bond donors (Lipinski definition) is 1. The largest absolute Gasteiger partial charge is 0.383 e. The van der Waals surface area contributed by atoms with Gasteiger partial charge in [-0.3, -0.25) is 0 Å². The number of nitrogens with zero attached hydrogens (tertiary/aromatic N) is 1. The summed E-state index contributed by atoms with van der Waals surface area (Å²) in [4.78, 5) is 2.28. The highest BCUT2D eigenvalue weighted by molar-refractivity contribution is 5.43. The van der Waals surface area contributed by atoms with Crippen molar-refractivity contribution in [2.75, 3.05) is 25.5 Å². The molecule has 1 atom stereocenters. The second-order valence-electron chi connectivity index (χ2n) is 4.29. The average Bonchev–Trinajstić information content (AvgIpc) is 2.66. The van der Waals surface area contributed by atoms with Crippen LogP contribution in [0.4, 0.5) is 14.5 Å². The molecule has 88 valence electrons. The van der Waals surface area contributed by atoms with Gasteiger partial charge in [0, 0.05) is 18.3 Å². The Bertz CT molecular complexity index is 368. The molecule has 1 fully saturated rings. The third kappa shape index (κ3) is 2.50. The van der Waals surface area contributed by atoms with Crippen LogP contribution in [0.1, 0.15) is 12.8 Å². The Labute approximate surface area is 94.3 Å². The van der Waals surface area contributed by atoms with E-state index < -0.39 is 11.6 Å². The fraction of sp³-hybridized carbons (Fsp3) is 0.500. The van der Waals surface area contributed by atoms with Crippen LogP contribution in [0.25, 0.3) is 0 Å². The topological polar surface area (TPSA) is 15.3 Å². The molecule has 1 aliphatic rings. The summed E-state index contributed by atoms with van der Waals surface area (Å²) in [5.41, 5.74) is 0.638. The first-order chi connectivity index (χ1) is 7.66. The van der Waals surface area contributed by atoms with Crippen molar-refractivity contribution in [3.8, 4) is 0 Å². The molecular formula is C12H16F2N2. The van der Waals surface area contributed by atoms with Crippen molar-refractivity contribution in [2.24, 2.45) is 0 Å². The van der Waals surface area contributed by atoms with Crippen molar-refractivity contribution in [3.05, 3.63) is 29.8 Å². The van der Waals surface area contributed by atoms with Crippen LogP contribution < -0.4 is 5.32 Å². The molecule has 4 heteroatoms. The Kier molecular flexibility index (Phi) is 3.39. The molecule has 16 heavy (non-hydrogen) atoms. The highest BCUT2D eigenvalue weighted by Gasteiger charge is 2.20. The number of benzene rings is 1. The smallest absolute Gasteiger partial charge is 0.160 e. The van der Waals surface area contributed by atoms with Crippen molar-refractivity contribution in [1.82, 2.24) is 4.90 Å². The molecule has 1 aromatic carbocycles. The normalized spacial score (nSPS) is 21.3. The van der Waals surface area contributed by atoms with Gasteiger partial charge >= 0.3 is 0 Å². The molecule has 0 aliphatic carbocycles. The Hall–Kier alpha value is -1.16. The van der Waals surface area contributed by atoms with Crippen molar-refractivity contribution in [2.45, 2.75) is 18.9 Å². The Morgan fingerprint density at radius 3 is 2.81 bits per heavy atom. The number of halogens is 2. The lowest BCUT2D eigenvalue weighted by Crippen LogP contribution is -2.31. The lowest BCUT2D eigenvalue weighted by Gasteiger charge is -2.20. The molecule has 1 heterocycles. The van der Waals surface area contributed by atoms with Crippen molar-refractivity contribution >= 4 is 5.69 Å². The van der Waals surface area contributed by atoms with Gasteiger partial charge in [0.2, 0.25) is 0 Å². The summed E-state index contributed by atoms with van der Waals surface area (Å²) < 4.78 is 25.6. The summed E-state index contributed by atoms with van der Waals surface area (Å²) in [6, 6.07) is 4.40. The first-order valence-corrected chi connectivity index (χ1v) is 5.56. The van der Waals surface area contributed by atoms with E-state index in [-0.39, 0.29) is 0 Å². The van der Waals surface area contributed by atoms with E-state index in [9.17, 15) is 8.78 Å². The lowest BCUT2D eigenvalue weighted by molar-refractivity contribution is 0.322. The fourth-order valence-electron chi connectivity index (χ4n) is 2.08. The summed E-state index contributed by atoms with van der Waals surface area (Å²) in [5, 5.41) is 3.14. The maximum Gasteiger partial charge on any atom is 0.160 e. The van der Waals surface area contributed by atoms with Gasteiger partial charge < -0.3 is 10.2 Å². The SMILES string of the molecule is CN1CCCC1CNc1ccc(F)c(F)c1. The highest BCUT2D eigenvalue weighted by Crippen LogP contribution is 2.17. The number of anilines is 1. The zero-order valence-corrected chi connectivity index (χ0v) is 9.34. The number of likely N-dealkylation sites (tertiary alicyclic amines) is 1. The average molecular weight is 226 g/mol. The van der Waals surface area contributed by atoms with Crippen molar-refractivity contribution in [1.29, 1.82) is 0 Å². The molecule has 0 radical (unpaired) electrons. The lowest BCUT2D eigenvalue weighted by atomic mass is 10.2. The van der Waals surface area contributed by atoms with Crippen LogP contribution in [0.3, 0.4) is 0 Å². The minimum atomic E-state index is -0.802. The van der Waals surface area contributed by atoms with Crippen LogP contribution in [-0.4, -0.2) is 31.1 Å². The second kappa shape index (κ2) is 4.78. The number of nitrogens with one attached hydrogen (secondary N) is 1. The van der Waals surface area contributed by atoms with E-state index in [4.69, 9.17) is 0 Å². The molecule has 1 saturated heterocycles. The van der Waals surface area contributed by atoms with Gasteiger partial charge in [-0.25, -0.2) is 8.78 Å². The molecule has 1 N–H and O–H groups in total. The predicted molar refractivity (Wildman–Crippen MR) is 60.5 cm³/mol. The molecule has 2 nitrogen and oxygen atoms in total. The van der Waals surface area contributed by atoms with Gasteiger partial charge in [-0.15, -0.1) is 0 Å². The number of likely N-dealkylation sites (N-methyl/N-ethyl adjacent to an activating group) is 1. The van der Waals surface area contributed by atoms with E-state index in [2.05, 4.69) is 17.3 Å². The molecular weight excluding hydrogens is 210 g/mol. The van der Waals surface area contributed by atoms with E-state index in [1.165, 1.54) is 12.5 Å². The molecule has 0 amide bonds. The maximum atomic E-state index is 12.9. The predicted octanol–water partition coefficient (Wildman–Crippen LogP) is 2.47. The molecule has 1 aliphatic heterocycles. The summed E-state index contributed by atoms with van der Waals surface area (Å²) in [6.07, 6.45) is 2.37. The molecule has 2 rings (SSSR count). The third-order valence-corrected chi connectivity index (χ3v) is 3.13. The van der Waals surface area contributed by atoms with Crippen LogP contribution in [0.15, 0.2) is 18.2 Å². The van der Waals surface area contributed by atoms with Crippen LogP contribution in [0.2, 0.25) is 0 Å². The second-order valence-corrected chi connectivity index (χ2v) is 4.29. The first-order valence-electron chi connectivity index (χ1n) is 5.56. The van der Waals surface area contributed by atoms with Gasteiger partial charge in [0.05, 0.1) is 0 Å². The van der Waals surface area contributed by atoms with Gasteiger partial charge in [0.25, 0.3) is 0 Å². The van der Waals surface area contributed by atoms with Gasteiger partial charge in [-0.05, 0) is 44.6 Å². The van der Waals surface area contributed by atoms with Crippen molar-refractivity contribution < 1.29 is 8.78 Å². The fourth-order valence-corrected chi connectivity index (χ4v) is 2.08. The summed E-state index contributed by atoms with van der Waals surface area (Å²) in [7, 11) is 2.09. The molecule has 1 unspecified atom stereocenters. The van der Waals surface area contributed by atoms with Gasteiger partial charge in [0.1, 0.15) is 0 Å². The quantitative estimate of drug-likeness (QED) is 0.851. The van der Waals surface area contributed by atoms with Crippen LogP contribution >= 0.6 is 0 Å². The Balaban J connectivity index is 1.91. The zero-order chi connectivity index (χ0) is 11.5. The Morgan fingerprint density at radius 1 is 1.38 bits per heavy atom. The Morgan fingerprint density at radius 2 is 2.19 bits per heavy atom. The minimum Gasteiger partial charge on any atom is -0.383 e. The molecule has 0 bridgehead atoms. The monoisotopic (exact) mass is 226 g/mol. The molecule has 0 aromatic heterocycles. The number of hydrogen-bond acceptors (Lipinski definition) is 2. The molecule has 0 spiro atoms. The van der Waals surface area contributed by atoms with E-state index in [0.29, 0.717) is 11.7 Å².